The third kappa shape index (κ3) is 3.39. The molecule has 0 saturated carbocycles. The largest absolute Gasteiger partial charge is 0.493 e. The lowest BCUT2D eigenvalue weighted by Gasteiger charge is -2.12. The van der Waals surface area contributed by atoms with Gasteiger partial charge in [0.2, 0.25) is 0 Å². The minimum absolute atomic E-state index is 0.353. The zero-order valence-electron chi connectivity index (χ0n) is 13.7. The fourth-order valence-electron chi connectivity index (χ4n) is 2.32. The molecule has 0 spiro atoms. The van der Waals surface area contributed by atoms with Crippen molar-refractivity contribution in [1.82, 2.24) is 15.0 Å². The maximum absolute atomic E-state index is 5.81. The van der Waals surface area contributed by atoms with E-state index in [0.29, 0.717) is 24.0 Å². The molecule has 2 rings (SSSR count). The number of nitrogens with zero attached hydrogens (tertiary/aromatic N) is 3. The van der Waals surface area contributed by atoms with Crippen molar-refractivity contribution >= 4 is 0 Å². The molecule has 6 nitrogen and oxygen atoms in total. The van der Waals surface area contributed by atoms with Gasteiger partial charge in [0.15, 0.2) is 11.5 Å². The molecule has 1 aromatic carbocycles. The Labute approximate surface area is 131 Å². The Morgan fingerprint density at radius 1 is 1.18 bits per heavy atom. The maximum atomic E-state index is 5.81. The number of ether oxygens (including phenoxy) is 2. The van der Waals surface area contributed by atoms with Crippen LogP contribution >= 0.6 is 0 Å². The first kappa shape index (κ1) is 16.3. The highest BCUT2D eigenvalue weighted by atomic mass is 16.5. The van der Waals surface area contributed by atoms with E-state index in [-0.39, 0.29) is 0 Å². The third-order valence-electron chi connectivity index (χ3n) is 3.57. The highest BCUT2D eigenvalue weighted by Crippen LogP contribution is 2.33. The van der Waals surface area contributed by atoms with Gasteiger partial charge >= 0.3 is 0 Å². The van der Waals surface area contributed by atoms with E-state index in [2.05, 4.69) is 24.2 Å². The quantitative estimate of drug-likeness (QED) is 0.850. The van der Waals surface area contributed by atoms with E-state index >= 15 is 0 Å². The van der Waals surface area contributed by atoms with Crippen molar-refractivity contribution in [2.45, 2.75) is 33.4 Å². The second-order valence-electron chi connectivity index (χ2n) is 5.56. The normalized spacial score (nSPS) is 11.0. The fraction of sp³-hybridized carbons (Fsp3) is 0.500. The molecule has 0 atom stereocenters. The fourth-order valence-corrected chi connectivity index (χ4v) is 2.32. The summed E-state index contributed by atoms with van der Waals surface area (Å²) >= 11 is 0. The van der Waals surface area contributed by atoms with E-state index < -0.39 is 0 Å². The average Bonchev–Trinajstić information content (AvgIpc) is 2.95. The van der Waals surface area contributed by atoms with E-state index in [1.807, 2.05) is 22.9 Å². The SMILES string of the molecule is COc1ccc(-c2c(CN)nnn2CCC(C)C)cc1OC. The van der Waals surface area contributed by atoms with Gasteiger partial charge in [-0.2, -0.15) is 0 Å². The molecule has 0 aliphatic carbocycles. The standard InChI is InChI=1S/C16H24N4O2/c1-11(2)7-8-20-16(13(10-17)18-19-20)12-5-6-14(21-3)15(9-12)22-4/h5-6,9,11H,7-8,10,17H2,1-4H3. The van der Waals surface area contributed by atoms with Crippen LogP contribution < -0.4 is 15.2 Å². The summed E-state index contributed by atoms with van der Waals surface area (Å²) in [5, 5.41) is 8.45. The van der Waals surface area contributed by atoms with Gasteiger partial charge in [0, 0.05) is 18.7 Å². The smallest absolute Gasteiger partial charge is 0.161 e. The minimum Gasteiger partial charge on any atom is -0.493 e. The molecular formula is C16H24N4O2. The lowest BCUT2D eigenvalue weighted by Crippen LogP contribution is -2.07. The molecule has 0 bridgehead atoms. The van der Waals surface area contributed by atoms with Gasteiger partial charge in [-0.1, -0.05) is 19.1 Å². The van der Waals surface area contributed by atoms with Crippen molar-refractivity contribution in [2.24, 2.45) is 11.7 Å². The molecule has 0 saturated heterocycles. The monoisotopic (exact) mass is 304 g/mol. The van der Waals surface area contributed by atoms with Crippen molar-refractivity contribution in [3.8, 4) is 22.8 Å². The maximum Gasteiger partial charge on any atom is 0.161 e. The lowest BCUT2D eigenvalue weighted by molar-refractivity contribution is 0.355. The second-order valence-corrected chi connectivity index (χ2v) is 5.56. The number of benzene rings is 1. The van der Waals surface area contributed by atoms with Crippen molar-refractivity contribution in [2.75, 3.05) is 14.2 Å². The molecule has 1 heterocycles. The number of rotatable bonds is 7. The summed E-state index contributed by atoms with van der Waals surface area (Å²) in [5.41, 5.74) is 8.53. The molecule has 0 unspecified atom stereocenters. The summed E-state index contributed by atoms with van der Waals surface area (Å²) < 4.78 is 12.6. The Bertz CT molecular complexity index is 623. The summed E-state index contributed by atoms with van der Waals surface area (Å²) in [6, 6.07) is 5.79. The van der Waals surface area contributed by atoms with Crippen LogP contribution in [0.1, 0.15) is 26.0 Å². The topological polar surface area (TPSA) is 75.2 Å². The lowest BCUT2D eigenvalue weighted by atomic mass is 10.1. The van der Waals surface area contributed by atoms with E-state index in [1.54, 1.807) is 14.2 Å². The molecule has 0 radical (unpaired) electrons. The first-order chi connectivity index (χ1) is 10.6. The highest BCUT2D eigenvalue weighted by molar-refractivity contribution is 5.66. The molecule has 0 amide bonds. The Hall–Kier alpha value is -2.08. The molecular weight excluding hydrogens is 280 g/mol. The molecule has 1 aromatic heterocycles. The van der Waals surface area contributed by atoms with E-state index in [4.69, 9.17) is 15.2 Å². The minimum atomic E-state index is 0.353. The predicted molar refractivity (Wildman–Crippen MR) is 85.9 cm³/mol. The molecule has 22 heavy (non-hydrogen) atoms. The van der Waals surface area contributed by atoms with E-state index in [1.165, 1.54) is 0 Å². The van der Waals surface area contributed by atoms with Crippen LogP contribution in [0.5, 0.6) is 11.5 Å². The van der Waals surface area contributed by atoms with Crippen LogP contribution in [-0.4, -0.2) is 29.2 Å². The van der Waals surface area contributed by atoms with Crippen molar-refractivity contribution < 1.29 is 9.47 Å². The molecule has 120 valence electrons. The zero-order valence-corrected chi connectivity index (χ0v) is 13.7. The van der Waals surface area contributed by atoms with Crippen molar-refractivity contribution in [3.63, 3.8) is 0 Å². The summed E-state index contributed by atoms with van der Waals surface area (Å²) in [4.78, 5) is 0. The number of aromatic nitrogens is 3. The third-order valence-corrected chi connectivity index (χ3v) is 3.57. The predicted octanol–water partition coefficient (Wildman–Crippen LogP) is 2.47. The van der Waals surface area contributed by atoms with Crippen LogP contribution in [0.2, 0.25) is 0 Å². The highest BCUT2D eigenvalue weighted by Gasteiger charge is 2.16. The van der Waals surface area contributed by atoms with Gasteiger partial charge in [0.25, 0.3) is 0 Å². The van der Waals surface area contributed by atoms with Gasteiger partial charge in [0.1, 0.15) is 5.69 Å². The van der Waals surface area contributed by atoms with E-state index in [9.17, 15) is 0 Å². The van der Waals surface area contributed by atoms with Crippen molar-refractivity contribution in [1.29, 1.82) is 0 Å². The number of hydrogen-bond donors (Lipinski definition) is 1. The number of aryl methyl sites for hydroxylation is 1. The summed E-state index contributed by atoms with van der Waals surface area (Å²) in [6.45, 7) is 5.55. The molecule has 6 heteroatoms. The number of hydrogen-bond acceptors (Lipinski definition) is 5. The van der Waals surface area contributed by atoms with Gasteiger partial charge in [-0.05, 0) is 30.5 Å². The molecule has 2 aromatic rings. The Kier molecular flexibility index (Phi) is 5.38. The number of methoxy groups -OCH3 is 2. The number of nitrogens with two attached hydrogens (primary N) is 1. The van der Waals surface area contributed by atoms with Gasteiger partial charge in [-0.15, -0.1) is 5.10 Å². The average molecular weight is 304 g/mol. The van der Waals surface area contributed by atoms with Gasteiger partial charge in [0.05, 0.1) is 19.9 Å². The Balaban J connectivity index is 2.43. The van der Waals surface area contributed by atoms with Crippen LogP contribution in [0, 0.1) is 5.92 Å². The second kappa shape index (κ2) is 7.26. The van der Waals surface area contributed by atoms with Gasteiger partial charge in [-0.3, -0.25) is 0 Å². The first-order valence-corrected chi connectivity index (χ1v) is 7.45. The molecule has 0 aliphatic rings. The van der Waals surface area contributed by atoms with Gasteiger partial charge < -0.3 is 15.2 Å². The molecule has 0 aliphatic heterocycles. The molecule has 0 fully saturated rings. The van der Waals surface area contributed by atoms with Crippen LogP contribution in [-0.2, 0) is 13.1 Å². The summed E-state index contributed by atoms with van der Waals surface area (Å²) in [6.07, 6.45) is 1.04. The zero-order chi connectivity index (χ0) is 16.1. The van der Waals surface area contributed by atoms with Gasteiger partial charge in [-0.25, -0.2) is 4.68 Å². The van der Waals surface area contributed by atoms with Crippen molar-refractivity contribution in [3.05, 3.63) is 23.9 Å². The summed E-state index contributed by atoms with van der Waals surface area (Å²) in [7, 11) is 3.25. The summed E-state index contributed by atoms with van der Waals surface area (Å²) in [5.74, 6) is 1.98. The van der Waals surface area contributed by atoms with Crippen LogP contribution in [0.25, 0.3) is 11.3 Å². The van der Waals surface area contributed by atoms with Crippen LogP contribution in [0.4, 0.5) is 0 Å². The van der Waals surface area contributed by atoms with E-state index in [0.717, 1.165) is 29.9 Å². The molecule has 2 N–H and O–H groups in total. The Morgan fingerprint density at radius 3 is 2.50 bits per heavy atom. The van der Waals surface area contributed by atoms with Crippen LogP contribution in [0.15, 0.2) is 18.2 Å². The first-order valence-electron chi connectivity index (χ1n) is 7.45. The van der Waals surface area contributed by atoms with Crippen LogP contribution in [0.3, 0.4) is 0 Å². The Morgan fingerprint density at radius 2 is 1.91 bits per heavy atom.